The summed E-state index contributed by atoms with van der Waals surface area (Å²) in [6.07, 6.45) is 0. The molecule has 8 heteroatoms. The van der Waals surface area contributed by atoms with E-state index in [1.165, 1.54) is 0 Å². The fraction of sp³-hybridized carbons (Fsp3) is 0.211. The zero-order chi connectivity index (χ0) is 18.4. The molecule has 27 heavy (non-hydrogen) atoms. The number of para-hydroxylation sites is 1. The minimum absolute atomic E-state index is 0.0729. The summed E-state index contributed by atoms with van der Waals surface area (Å²) in [6, 6.07) is 12.8. The van der Waals surface area contributed by atoms with E-state index >= 15 is 0 Å². The minimum atomic E-state index is -0.0729. The van der Waals surface area contributed by atoms with E-state index in [-0.39, 0.29) is 19.0 Å². The number of hydrogen-bond donors (Lipinski definition) is 0. The maximum absolute atomic E-state index is 12.7. The quantitative estimate of drug-likeness (QED) is 0.553. The lowest BCUT2D eigenvalue weighted by atomic mass is 10.2. The Morgan fingerprint density at radius 3 is 2.85 bits per heavy atom. The number of aryl methyl sites for hydroxylation is 1. The molecule has 0 saturated carbocycles. The molecule has 0 bridgehead atoms. The zero-order valence-corrected chi connectivity index (χ0v) is 14.6. The summed E-state index contributed by atoms with van der Waals surface area (Å²) in [6.45, 7) is 2.84. The number of nitrogens with zero attached hydrogens (tertiary/aromatic N) is 4. The van der Waals surface area contributed by atoms with E-state index in [2.05, 4.69) is 10.2 Å². The molecule has 136 valence electrons. The molecule has 0 unspecified atom stereocenters. The summed E-state index contributed by atoms with van der Waals surface area (Å²) in [5.41, 5.74) is 0.688. The molecule has 4 aromatic rings. The topological polar surface area (TPSA) is 79.9 Å². The molecule has 0 saturated heterocycles. The lowest BCUT2D eigenvalue weighted by Crippen LogP contribution is -2.22. The first-order chi connectivity index (χ1) is 13.3. The highest BCUT2D eigenvalue weighted by Gasteiger charge is 2.17. The summed E-state index contributed by atoms with van der Waals surface area (Å²) in [5, 5.41) is 9.10. The predicted molar refractivity (Wildman–Crippen MR) is 97.3 cm³/mol. The predicted octanol–water partition coefficient (Wildman–Crippen LogP) is 2.37. The van der Waals surface area contributed by atoms with Crippen molar-refractivity contribution in [2.75, 3.05) is 6.79 Å². The van der Waals surface area contributed by atoms with Gasteiger partial charge in [0.2, 0.25) is 12.6 Å². The van der Waals surface area contributed by atoms with Gasteiger partial charge in [-0.15, -0.1) is 10.2 Å². The number of benzene rings is 2. The van der Waals surface area contributed by atoms with E-state index in [1.54, 1.807) is 10.6 Å². The molecule has 8 nitrogen and oxygen atoms in total. The highest BCUT2D eigenvalue weighted by molar-refractivity contribution is 5.80. The van der Waals surface area contributed by atoms with E-state index in [1.807, 2.05) is 47.7 Å². The van der Waals surface area contributed by atoms with E-state index in [4.69, 9.17) is 14.2 Å². The van der Waals surface area contributed by atoms with E-state index in [0.29, 0.717) is 40.8 Å². The van der Waals surface area contributed by atoms with Crippen LogP contribution in [-0.2, 0) is 13.2 Å². The number of hydrogen-bond acceptors (Lipinski definition) is 6. The maximum atomic E-state index is 12.7. The molecule has 5 rings (SSSR count). The van der Waals surface area contributed by atoms with E-state index in [0.717, 1.165) is 5.52 Å². The SMILES string of the molecule is CCn1c(=O)c2ccccc2n2c(COc3ccc4c(c3)OCO4)nnc12. The molecule has 0 atom stereocenters. The molecule has 2 aromatic carbocycles. The first kappa shape index (κ1) is 15.7. The van der Waals surface area contributed by atoms with Crippen molar-refractivity contribution in [3.8, 4) is 17.2 Å². The number of rotatable bonds is 4. The Bertz CT molecular complexity index is 1230. The van der Waals surface area contributed by atoms with Crippen LogP contribution in [0, 0.1) is 0 Å². The Kier molecular flexibility index (Phi) is 3.49. The smallest absolute Gasteiger partial charge is 0.262 e. The lowest BCUT2D eigenvalue weighted by molar-refractivity contribution is 0.173. The average Bonchev–Trinajstić information content (AvgIpc) is 3.33. The van der Waals surface area contributed by atoms with Gasteiger partial charge in [0.25, 0.3) is 5.56 Å². The van der Waals surface area contributed by atoms with Crippen LogP contribution in [0.15, 0.2) is 47.3 Å². The first-order valence-corrected chi connectivity index (χ1v) is 8.64. The highest BCUT2D eigenvalue weighted by atomic mass is 16.7. The maximum Gasteiger partial charge on any atom is 0.262 e. The molecule has 3 heterocycles. The van der Waals surface area contributed by atoms with Gasteiger partial charge in [-0.2, -0.15) is 0 Å². The molecule has 0 radical (unpaired) electrons. The van der Waals surface area contributed by atoms with Gasteiger partial charge in [0, 0.05) is 12.6 Å². The Balaban J connectivity index is 1.58. The highest BCUT2D eigenvalue weighted by Crippen LogP contribution is 2.35. The van der Waals surface area contributed by atoms with Crippen molar-refractivity contribution < 1.29 is 14.2 Å². The van der Waals surface area contributed by atoms with Crippen molar-refractivity contribution in [2.45, 2.75) is 20.1 Å². The van der Waals surface area contributed by atoms with Gasteiger partial charge >= 0.3 is 0 Å². The van der Waals surface area contributed by atoms with Gasteiger partial charge in [0.05, 0.1) is 10.9 Å². The molecular weight excluding hydrogens is 348 g/mol. The van der Waals surface area contributed by atoms with Crippen molar-refractivity contribution in [1.82, 2.24) is 19.2 Å². The summed E-state index contributed by atoms with van der Waals surface area (Å²) >= 11 is 0. The largest absolute Gasteiger partial charge is 0.485 e. The fourth-order valence-corrected chi connectivity index (χ4v) is 3.31. The summed E-state index contributed by atoms with van der Waals surface area (Å²) in [4.78, 5) is 12.7. The van der Waals surface area contributed by atoms with Gasteiger partial charge < -0.3 is 14.2 Å². The molecule has 0 fully saturated rings. The van der Waals surface area contributed by atoms with Crippen molar-refractivity contribution in [3.05, 3.63) is 58.6 Å². The third-order valence-electron chi connectivity index (χ3n) is 4.60. The lowest BCUT2D eigenvalue weighted by Gasteiger charge is -2.10. The van der Waals surface area contributed by atoms with Crippen LogP contribution in [0.1, 0.15) is 12.7 Å². The van der Waals surface area contributed by atoms with Gasteiger partial charge in [-0.25, -0.2) is 0 Å². The Labute approximate surface area is 153 Å². The van der Waals surface area contributed by atoms with Gasteiger partial charge in [0.15, 0.2) is 17.3 Å². The molecule has 0 aliphatic carbocycles. The Morgan fingerprint density at radius 1 is 1.11 bits per heavy atom. The third kappa shape index (κ3) is 2.41. The van der Waals surface area contributed by atoms with Crippen molar-refractivity contribution in [2.24, 2.45) is 0 Å². The molecule has 2 aromatic heterocycles. The van der Waals surface area contributed by atoms with Crippen molar-refractivity contribution in [1.29, 1.82) is 0 Å². The van der Waals surface area contributed by atoms with Crippen LogP contribution in [0.25, 0.3) is 16.7 Å². The molecule has 1 aliphatic heterocycles. The molecule has 0 spiro atoms. The Hall–Kier alpha value is -3.55. The normalized spacial score (nSPS) is 12.8. The van der Waals surface area contributed by atoms with Crippen LogP contribution in [0.3, 0.4) is 0 Å². The standard InChI is InChI=1S/C19H16N4O4/c1-2-22-18(24)13-5-3-4-6-14(13)23-17(20-21-19(22)23)10-25-12-7-8-15-16(9-12)27-11-26-15/h3-9H,2,10-11H2,1H3. The van der Waals surface area contributed by atoms with Gasteiger partial charge in [0.1, 0.15) is 12.4 Å². The van der Waals surface area contributed by atoms with Gasteiger partial charge in [-0.1, -0.05) is 12.1 Å². The fourth-order valence-electron chi connectivity index (χ4n) is 3.31. The van der Waals surface area contributed by atoms with Crippen LogP contribution in [-0.4, -0.2) is 26.0 Å². The minimum Gasteiger partial charge on any atom is -0.485 e. The van der Waals surface area contributed by atoms with Gasteiger partial charge in [-0.05, 0) is 31.2 Å². The second kappa shape index (κ2) is 6.01. The first-order valence-electron chi connectivity index (χ1n) is 8.64. The zero-order valence-electron chi connectivity index (χ0n) is 14.6. The average molecular weight is 364 g/mol. The van der Waals surface area contributed by atoms with Gasteiger partial charge in [-0.3, -0.25) is 13.8 Å². The molecule has 0 amide bonds. The molecule has 0 N–H and O–H groups in total. The second-order valence-corrected chi connectivity index (χ2v) is 6.12. The number of aromatic nitrogens is 4. The number of fused-ring (bicyclic) bond motifs is 4. The molecule has 1 aliphatic rings. The van der Waals surface area contributed by atoms with Crippen molar-refractivity contribution in [3.63, 3.8) is 0 Å². The third-order valence-corrected chi connectivity index (χ3v) is 4.60. The van der Waals surface area contributed by atoms with Crippen LogP contribution in [0.5, 0.6) is 17.2 Å². The summed E-state index contributed by atoms with van der Waals surface area (Å²) in [7, 11) is 0. The molecular formula is C19H16N4O4. The van der Waals surface area contributed by atoms with Crippen LogP contribution >= 0.6 is 0 Å². The van der Waals surface area contributed by atoms with E-state index in [9.17, 15) is 4.79 Å². The summed E-state index contributed by atoms with van der Waals surface area (Å²) in [5.74, 6) is 3.12. The summed E-state index contributed by atoms with van der Waals surface area (Å²) < 4.78 is 20.1. The van der Waals surface area contributed by atoms with E-state index < -0.39 is 0 Å². The number of ether oxygens (including phenoxy) is 3. The van der Waals surface area contributed by atoms with Crippen molar-refractivity contribution >= 4 is 16.7 Å². The monoisotopic (exact) mass is 364 g/mol. The Morgan fingerprint density at radius 2 is 1.96 bits per heavy atom. The van der Waals surface area contributed by atoms with Crippen LogP contribution in [0.4, 0.5) is 0 Å². The van der Waals surface area contributed by atoms with Crippen LogP contribution in [0.2, 0.25) is 0 Å². The van der Waals surface area contributed by atoms with Crippen LogP contribution < -0.4 is 19.8 Å². The second-order valence-electron chi connectivity index (χ2n) is 6.12.